The summed E-state index contributed by atoms with van der Waals surface area (Å²) in [5.41, 5.74) is 7.88. The Kier molecular flexibility index (Phi) is 3.68. The largest absolute Gasteiger partial charge is 0.341 e. The van der Waals surface area contributed by atoms with Gasteiger partial charge >= 0.3 is 0 Å². The van der Waals surface area contributed by atoms with Gasteiger partial charge in [-0.1, -0.05) is 17.7 Å². The number of benzene rings is 1. The summed E-state index contributed by atoms with van der Waals surface area (Å²) in [6, 6.07) is 7.92. The van der Waals surface area contributed by atoms with Crippen LogP contribution < -0.4 is 10.6 Å². The van der Waals surface area contributed by atoms with E-state index < -0.39 is 0 Å². The molecule has 1 aromatic carbocycles. The molecular formula is C16H21N3O2. The molecule has 2 aliphatic heterocycles. The van der Waals surface area contributed by atoms with Gasteiger partial charge in [0.15, 0.2) is 0 Å². The van der Waals surface area contributed by atoms with Crippen molar-refractivity contribution in [1.29, 1.82) is 0 Å². The monoisotopic (exact) mass is 287 g/mol. The zero-order chi connectivity index (χ0) is 15.0. The van der Waals surface area contributed by atoms with Gasteiger partial charge in [-0.25, -0.2) is 0 Å². The van der Waals surface area contributed by atoms with Crippen molar-refractivity contribution in [3.05, 3.63) is 29.8 Å². The van der Waals surface area contributed by atoms with Crippen LogP contribution in [0.4, 0.5) is 5.69 Å². The third-order valence-corrected chi connectivity index (χ3v) is 4.36. The average molecular weight is 287 g/mol. The predicted molar refractivity (Wildman–Crippen MR) is 80.8 cm³/mol. The summed E-state index contributed by atoms with van der Waals surface area (Å²) in [7, 11) is 0. The second-order valence-corrected chi connectivity index (χ2v) is 6.07. The molecule has 5 heteroatoms. The normalized spacial score (nSPS) is 25.7. The number of hydrogen-bond donors (Lipinski definition) is 1. The summed E-state index contributed by atoms with van der Waals surface area (Å²) in [5.74, 6) is -0.129. The smallest absolute Gasteiger partial charge is 0.228 e. The van der Waals surface area contributed by atoms with Gasteiger partial charge in [-0.05, 0) is 25.5 Å². The zero-order valence-electron chi connectivity index (χ0n) is 12.3. The lowest BCUT2D eigenvalue weighted by molar-refractivity contribution is -0.134. The third-order valence-electron chi connectivity index (χ3n) is 4.36. The summed E-state index contributed by atoms with van der Waals surface area (Å²) >= 11 is 0. The van der Waals surface area contributed by atoms with E-state index in [0.717, 1.165) is 24.2 Å². The number of anilines is 1. The molecule has 112 valence electrons. The highest BCUT2D eigenvalue weighted by atomic mass is 16.2. The lowest BCUT2D eigenvalue weighted by atomic mass is 10.1. The number of likely N-dealkylation sites (tertiary alicyclic amines) is 1. The van der Waals surface area contributed by atoms with E-state index in [-0.39, 0.29) is 23.8 Å². The Bertz CT molecular complexity index is 555. The van der Waals surface area contributed by atoms with Gasteiger partial charge in [-0.3, -0.25) is 9.59 Å². The van der Waals surface area contributed by atoms with Gasteiger partial charge in [-0.2, -0.15) is 0 Å². The van der Waals surface area contributed by atoms with E-state index in [2.05, 4.69) is 0 Å². The second kappa shape index (κ2) is 5.48. The number of rotatable bonds is 2. The molecule has 2 aliphatic rings. The predicted octanol–water partition coefficient (Wildman–Crippen LogP) is 0.908. The number of carbonyl (C=O) groups excluding carboxylic acids is 2. The molecule has 0 saturated carbocycles. The van der Waals surface area contributed by atoms with Crippen molar-refractivity contribution < 1.29 is 9.59 Å². The van der Waals surface area contributed by atoms with E-state index in [0.29, 0.717) is 19.5 Å². The highest BCUT2D eigenvalue weighted by molar-refractivity contribution is 6.00. The molecule has 0 radical (unpaired) electrons. The molecule has 5 nitrogen and oxygen atoms in total. The minimum atomic E-state index is -0.232. The van der Waals surface area contributed by atoms with Crippen LogP contribution in [0.3, 0.4) is 0 Å². The lowest BCUT2D eigenvalue weighted by Gasteiger charge is -2.21. The number of hydrogen-bond acceptors (Lipinski definition) is 3. The van der Waals surface area contributed by atoms with E-state index >= 15 is 0 Å². The van der Waals surface area contributed by atoms with E-state index in [1.807, 2.05) is 31.2 Å². The lowest BCUT2D eigenvalue weighted by Crippen LogP contribution is -2.37. The molecule has 21 heavy (non-hydrogen) atoms. The molecule has 3 rings (SSSR count). The minimum Gasteiger partial charge on any atom is -0.341 e. The number of nitrogens with zero attached hydrogens (tertiary/aromatic N) is 2. The SMILES string of the molecule is Cc1ccc(N2CC(C(=O)N3CC[C@@H](N)C3)CC2=O)cc1. The van der Waals surface area contributed by atoms with Crippen molar-refractivity contribution in [2.75, 3.05) is 24.5 Å². The molecule has 1 aromatic rings. The first-order valence-electron chi connectivity index (χ1n) is 7.46. The minimum absolute atomic E-state index is 0.0284. The summed E-state index contributed by atoms with van der Waals surface area (Å²) in [6.07, 6.45) is 1.16. The van der Waals surface area contributed by atoms with Crippen LogP contribution in [0.1, 0.15) is 18.4 Å². The molecule has 0 bridgehead atoms. The summed E-state index contributed by atoms with van der Waals surface area (Å²) < 4.78 is 0. The molecule has 2 fully saturated rings. The first-order valence-corrected chi connectivity index (χ1v) is 7.46. The fourth-order valence-electron chi connectivity index (χ4n) is 3.09. The van der Waals surface area contributed by atoms with Crippen LogP contribution in [0.2, 0.25) is 0 Å². The highest BCUT2D eigenvalue weighted by Gasteiger charge is 2.38. The Labute approximate surface area is 124 Å². The Hall–Kier alpha value is -1.88. The number of nitrogens with two attached hydrogens (primary N) is 1. The molecule has 0 spiro atoms. The first kappa shape index (κ1) is 14.1. The second-order valence-electron chi connectivity index (χ2n) is 6.07. The van der Waals surface area contributed by atoms with Crippen LogP contribution in [0, 0.1) is 12.8 Å². The third kappa shape index (κ3) is 2.78. The maximum atomic E-state index is 12.5. The van der Waals surface area contributed by atoms with Gasteiger partial charge < -0.3 is 15.5 Å². The summed E-state index contributed by atoms with van der Waals surface area (Å²) in [5, 5.41) is 0. The molecular weight excluding hydrogens is 266 g/mol. The van der Waals surface area contributed by atoms with Crippen molar-refractivity contribution in [2.24, 2.45) is 11.7 Å². The number of carbonyl (C=O) groups is 2. The van der Waals surface area contributed by atoms with Crippen LogP contribution in [0.25, 0.3) is 0 Å². The standard InChI is InChI=1S/C16H21N3O2/c1-11-2-4-14(5-3-11)19-9-12(8-15(19)20)16(21)18-7-6-13(17)10-18/h2-5,12-13H,6-10,17H2,1H3/t12?,13-/m1/s1. The van der Waals surface area contributed by atoms with Crippen molar-refractivity contribution in [1.82, 2.24) is 4.90 Å². The van der Waals surface area contributed by atoms with Gasteiger partial charge in [0.25, 0.3) is 0 Å². The average Bonchev–Trinajstić information content (AvgIpc) is 3.05. The van der Waals surface area contributed by atoms with Crippen molar-refractivity contribution in [3.63, 3.8) is 0 Å². The fourth-order valence-corrected chi connectivity index (χ4v) is 3.09. The molecule has 0 aromatic heterocycles. The quantitative estimate of drug-likeness (QED) is 0.879. The summed E-state index contributed by atoms with van der Waals surface area (Å²) in [6.45, 7) is 3.83. The van der Waals surface area contributed by atoms with Crippen LogP contribution in [-0.4, -0.2) is 42.4 Å². The maximum Gasteiger partial charge on any atom is 0.228 e. The van der Waals surface area contributed by atoms with Gasteiger partial charge in [-0.15, -0.1) is 0 Å². The molecule has 2 amide bonds. The fraction of sp³-hybridized carbons (Fsp3) is 0.500. The van der Waals surface area contributed by atoms with E-state index in [9.17, 15) is 9.59 Å². The highest BCUT2D eigenvalue weighted by Crippen LogP contribution is 2.27. The van der Waals surface area contributed by atoms with E-state index in [4.69, 9.17) is 5.73 Å². The maximum absolute atomic E-state index is 12.5. The first-order chi connectivity index (χ1) is 10.0. The van der Waals surface area contributed by atoms with Gasteiger partial charge in [0, 0.05) is 37.8 Å². The Morgan fingerprint density at radius 3 is 2.57 bits per heavy atom. The summed E-state index contributed by atoms with van der Waals surface area (Å²) in [4.78, 5) is 28.2. The molecule has 2 saturated heterocycles. The molecule has 2 heterocycles. The van der Waals surface area contributed by atoms with Gasteiger partial charge in [0.1, 0.15) is 0 Å². The number of amides is 2. The van der Waals surface area contributed by atoms with Crippen molar-refractivity contribution >= 4 is 17.5 Å². The van der Waals surface area contributed by atoms with Crippen LogP contribution >= 0.6 is 0 Å². The van der Waals surface area contributed by atoms with Crippen LogP contribution in [-0.2, 0) is 9.59 Å². The zero-order valence-corrected chi connectivity index (χ0v) is 12.3. The molecule has 0 aliphatic carbocycles. The van der Waals surface area contributed by atoms with Crippen LogP contribution in [0.5, 0.6) is 0 Å². The van der Waals surface area contributed by atoms with Crippen LogP contribution in [0.15, 0.2) is 24.3 Å². The molecule has 2 atom stereocenters. The van der Waals surface area contributed by atoms with E-state index in [1.165, 1.54) is 0 Å². The van der Waals surface area contributed by atoms with E-state index in [1.54, 1.807) is 9.80 Å². The van der Waals surface area contributed by atoms with Crippen molar-refractivity contribution in [3.8, 4) is 0 Å². The van der Waals surface area contributed by atoms with Crippen molar-refractivity contribution in [2.45, 2.75) is 25.8 Å². The number of aryl methyl sites for hydroxylation is 1. The Morgan fingerprint density at radius 1 is 1.24 bits per heavy atom. The molecule has 1 unspecified atom stereocenters. The van der Waals surface area contributed by atoms with Gasteiger partial charge in [0.05, 0.1) is 5.92 Å². The Morgan fingerprint density at radius 2 is 1.95 bits per heavy atom. The Balaban J connectivity index is 1.69. The topological polar surface area (TPSA) is 66.6 Å². The molecule has 2 N–H and O–H groups in total. The van der Waals surface area contributed by atoms with Gasteiger partial charge in [0.2, 0.25) is 11.8 Å².